The Hall–Kier alpha value is -1.71. The van der Waals surface area contributed by atoms with Gasteiger partial charge < -0.3 is 15.7 Å². The van der Waals surface area contributed by atoms with E-state index in [1.165, 1.54) is 5.56 Å². The van der Waals surface area contributed by atoms with E-state index in [0.717, 1.165) is 17.7 Å². The van der Waals surface area contributed by atoms with Crippen molar-refractivity contribution in [2.75, 3.05) is 0 Å². The largest absolute Gasteiger partial charge is 0.490 e. The molecule has 0 amide bonds. The number of benzene rings is 1. The van der Waals surface area contributed by atoms with Crippen molar-refractivity contribution in [3.05, 3.63) is 29.3 Å². The summed E-state index contributed by atoms with van der Waals surface area (Å²) in [7, 11) is 0. The summed E-state index contributed by atoms with van der Waals surface area (Å²) in [6.07, 6.45) is 1.57. The fourth-order valence-corrected chi connectivity index (χ4v) is 1.87. The van der Waals surface area contributed by atoms with Crippen LogP contribution in [0.25, 0.3) is 0 Å². The molecule has 0 fully saturated rings. The molecule has 0 saturated carbocycles. The molecule has 1 aliphatic rings. The van der Waals surface area contributed by atoms with E-state index in [0.29, 0.717) is 6.42 Å². The van der Waals surface area contributed by atoms with Crippen molar-refractivity contribution in [1.29, 1.82) is 0 Å². The maximum absolute atomic E-state index is 8.52. The number of rotatable bonds is 2. The van der Waals surface area contributed by atoms with E-state index < -0.39 is 0 Å². The third-order valence-electron chi connectivity index (χ3n) is 2.50. The Morgan fingerprint density at radius 2 is 2.47 bits per heavy atom. The number of amidine groups is 1. The summed E-state index contributed by atoms with van der Waals surface area (Å²) in [5, 5.41) is 11.5. The molecular weight excluding hydrogens is 192 g/mol. The first-order valence-electron chi connectivity index (χ1n) is 4.94. The molecule has 0 saturated heterocycles. The fraction of sp³-hybridized carbons (Fsp3) is 0.364. The van der Waals surface area contributed by atoms with Crippen LogP contribution in [0.15, 0.2) is 23.4 Å². The van der Waals surface area contributed by atoms with Gasteiger partial charge in [-0.25, -0.2) is 0 Å². The quantitative estimate of drug-likeness (QED) is 0.331. The van der Waals surface area contributed by atoms with Crippen LogP contribution in [-0.2, 0) is 12.8 Å². The van der Waals surface area contributed by atoms with Crippen LogP contribution in [0.4, 0.5) is 0 Å². The van der Waals surface area contributed by atoms with Gasteiger partial charge in [-0.3, -0.25) is 0 Å². The zero-order valence-electron chi connectivity index (χ0n) is 8.60. The maximum atomic E-state index is 8.52. The summed E-state index contributed by atoms with van der Waals surface area (Å²) in [6.45, 7) is 2.03. The average molecular weight is 206 g/mol. The normalized spacial score (nSPS) is 19.8. The predicted molar refractivity (Wildman–Crippen MR) is 57.3 cm³/mol. The number of hydrogen-bond donors (Lipinski definition) is 2. The van der Waals surface area contributed by atoms with Crippen molar-refractivity contribution in [3.63, 3.8) is 0 Å². The van der Waals surface area contributed by atoms with Crippen LogP contribution in [0.2, 0.25) is 0 Å². The van der Waals surface area contributed by atoms with E-state index in [1.54, 1.807) is 0 Å². The number of hydrogen-bond acceptors (Lipinski definition) is 3. The van der Waals surface area contributed by atoms with Gasteiger partial charge in [0, 0.05) is 18.4 Å². The first-order valence-corrected chi connectivity index (χ1v) is 4.94. The van der Waals surface area contributed by atoms with Crippen LogP contribution in [-0.4, -0.2) is 17.1 Å². The summed E-state index contributed by atoms with van der Waals surface area (Å²) in [5.74, 6) is 1.10. The van der Waals surface area contributed by atoms with Gasteiger partial charge in [0.25, 0.3) is 0 Å². The summed E-state index contributed by atoms with van der Waals surface area (Å²) in [5.41, 5.74) is 7.66. The molecule has 0 aromatic heterocycles. The van der Waals surface area contributed by atoms with Gasteiger partial charge >= 0.3 is 0 Å². The van der Waals surface area contributed by atoms with Crippen molar-refractivity contribution in [2.45, 2.75) is 25.9 Å². The zero-order chi connectivity index (χ0) is 10.8. The number of nitrogens with two attached hydrogens (primary N) is 1. The Kier molecular flexibility index (Phi) is 2.49. The lowest BCUT2D eigenvalue weighted by Gasteiger charge is -2.08. The number of ether oxygens (including phenoxy) is 1. The van der Waals surface area contributed by atoms with Crippen LogP contribution in [0.3, 0.4) is 0 Å². The highest BCUT2D eigenvalue weighted by molar-refractivity contribution is 5.82. The molecule has 1 aromatic carbocycles. The monoisotopic (exact) mass is 206 g/mol. The summed E-state index contributed by atoms with van der Waals surface area (Å²) < 4.78 is 5.69. The van der Waals surface area contributed by atoms with E-state index in [-0.39, 0.29) is 11.9 Å². The van der Waals surface area contributed by atoms with E-state index in [1.807, 2.05) is 19.1 Å². The van der Waals surface area contributed by atoms with Gasteiger partial charge in [-0.05, 0) is 12.5 Å². The van der Waals surface area contributed by atoms with Crippen LogP contribution in [0, 0.1) is 0 Å². The molecular formula is C11H14N2O2. The average Bonchev–Trinajstić information content (AvgIpc) is 2.59. The second-order valence-electron chi connectivity index (χ2n) is 3.81. The molecule has 0 spiro atoms. The summed E-state index contributed by atoms with van der Waals surface area (Å²) in [4.78, 5) is 0. The maximum Gasteiger partial charge on any atom is 0.143 e. The Balaban J connectivity index is 2.30. The number of fused-ring (bicyclic) bond motifs is 1. The summed E-state index contributed by atoms with van der Waals surface area (Å²) in [6, 6.07) is 5.96. The molecule has 2 rings (SSSR count). The third-order valence-corrected chi connectivity index (χ3v) is 2.50. The van der Waals surface area contributed by atoms with E-state index in [9.17, 15) is 0 Å². The van der Waals surface area contributed by atoms with E-state index in [2.05, 4.69) is 11.2 Å². The van der Waals surface area contributed by atoms with E-state index >= 15 is 0 Å². The van der Waals surface area contributed by atoms with Gasteiger partial charge in [0.2, 0.25) is 0 Å². The molecule has 4 nitrogen and oxygen atoms in total. The van der Waals surface area contributed by atoms with Crippen LogP contribution >= 0.6 is 0 Å². The number of oxime groups is 1. The van der Waals surface area contributed by atoms with Crippen LogP contribution < -0.4 is 10.5 Å². The number of para-hydroxylation sites is 1. The Morgan fingerprint density at radius 1 is 1.67 bits per heavy atom. The lowest BCUT2D eigenvalue weighted by atomic mass is 10.0. The standard InChI is InChI=1S/C11H14N2O2/c1-7-5-8-3-2-4-9(11(8)15-7)6-10(12)13-14/h2-4,7,14H,5-6H2,1H3,(H2,12,13). The number of nitrogens with zero attached hydrogens (tertiary/aromatic N) is 1. The molecule has 0 bridgehead atoms. The highest BCUT2D eigenvalue weighted by Gasteiger charge is 2.21. The molecule has 1 atom stereocenters. The van der Waals surface area contributed by atoms with Gasteiger partial charge in [0.15, 0.2) is 0 Å². The van der Waals surface area contributed by atoms with Crippen molar-refractivity contribution in [1.82, 2.24) is 0 Å². The van der Waals surface area contributed by atoms with Crippen molar-refractivity contribution in [2.24, 2.45) is 10.9 Å². The molecule has 3 N–H and O–H groups in total. The minimum Gasteiger partial charge on any atom is -0.490 e. The smallest absolute Gasteiger partial charge is 0.143 e. The molecule has 4 heteroatoms. The molecule has 1 aromatic rings. The van der Waals surface area contributed by atoms with Crippen LogP contribution in [0.1, 0.15) is 18.1 Å². The Bertz CT molecular complexity index is 402. The third kappa shape index (κ3) is 1.88. The predicted octanol–water partition coefficient (Wildman–Crippen LogP) is 1.30. The van der Waals surface area contributed by atoms with Crippen molar-refractivity contribution < 1.29 is 9.94 Å². The fourth-order valence-electron chi connectivity index (χ4n) is 1.87. The van der Waals surface area contributed by atoms with Gasteiger partial charge in [-0.15, -0.1) is 0 Å². The minimum absolute atomic E-state index is 0.201. The second-order valence-corrected chi connectivity index (χ2v) is 3.81. The topological polar surface area (TPSA) is 67.8 Å². The molecule has 1 unspecified atom stereocenters. The van der Waals surface area contributed by atoms with Crippen LogP contribution in [0.5, 0.6) is 5.75 Å². The van der Waals surface area contributed by atoms with Crippen molar-refractivity contribution >= 4 is 5.84 Å². The van der Waals surface area contributed by atoms with Crippen molar-refractivity contribution in [3.8, 4) is 5.75 Å². The Labute approximate surface area is 88.3 Å². The molecule has 80 valence electrons. The zero-order valence-corrected chi connectivity index (χ0v) is 8.60. The molecule has 15 heavy (non-hydrogen) atoms. The highest BCUT2D eigenvalue weighted by Crippen LogP contribution is 2.32. The molecule has 1 heterocycles. The minimum atomic E-state index is 0.201. The first-order chi connectivity index (χ1) is 7.20. The molecule has 0 aliphatic carbocycles. The van der Waals surface area contributed by atoms with Gasteiger partial charge in [0.1, 0.15) is 17.7 Å². The molecule has 1 aliphatic heterocycles. The van der Waals surface area contributed by atoms with Gasteiger partial charge in [-0.1, -0.05) is 23.4 Å². The van der Waals surface area contributed by atoms with Gasteiger partial charge in [0.05, 0.1) is 0 Å². The lowest BCUT2D eigenvalue weighted by Crippen LogP contribution is -2.15. The lowest BCUT2D eigenvalue weighted by molar-refractivity contribution is 0.253. The first kappa shape index (κ1) is 9.83. The van der Waals surface area contributed by atoms with Gasteiger partial charge in [-0.2, -0.15) is 0 Å². The molecule has 0 radical (unpaired) electrons. The highest BCUT2D eigenvalue weighted by atomic mass is 16.5. The Morgan fingerprint density at radius 3 is 3.20 bits per heavy atom. The summed E-state index contributed by atoms with van der Waals surface area (Å²) >= 11 is 0. The SMILES string of the molecule is CC1Cc2cccc(C/C(N)=N/O)c2O1. The second kappa shape index (κ2) is 3.81. The van der Waals surface area contributed by atoms with E-state index in [4.69, 9.17) is 15.7 Å².